The van der Waals surface area contributed by atoms with Crippen LogP contribution in [0.15, 0.2) is 39.5 Å². The van der Waals surface area contributed by atoms with Gasteiger partial charge < -0.3 is 23.7 Å². The highest BCUT2D eigenvalue weighted by Gasteiger charge is 2.18. The Labute approximate surface area is 222 Å². The van der Waals surface area contributed by atoms with E-state index in [1.165, 1.54) is 13.0 Å². The minimum absolute atomic E-state index is 0.0535. The third kappa shape index (κ3) is 6.94. The molecule has 1 aromatic heterocycles. The second kappa shape index (κ2) is 13.7. The monoisotopic (exact) mass is 524 g/mol. The van der Waals surface area contributed by atoms with Crippen molar-refractivity contribution < 1.29 is 33.3 Å². The Morgan fingerprint density at radius 2 is 1.55 bits per heavy atom. The smallest absolute Gasteiger partial charge is 0.303 e. The molecule has 3 rings (SSSR count). The van der Waals surface area contributed by atoms with Gasteiger partial charge in [0, 0.05) is 30.0 Å². The van der Waals surface area contributed by atoms with E-state index < -0.39 is 5.97 Å². The predicted molar refractivity (Wildman–Crippen MR) is 145 cm³/mol. The van der Waals surface area contributed by atoms with Crippen LogP contribution in [0.1, 0.15) is 73.7 Å². The van der Waals surface area contributed by atoms with Crippen molar-refractivity contribution in [1.29, 1.82) is 0 Å². The summed E-state index contributed by atoms with van der Waals surface area (Å²) >= 11 is 0. The van der Waals surface area contributed by atoms with Crippen molar-refractivity contribution in [2.75, 3.05) is 20.3 Å². The molecule has 3 aromatic rings. The Kier molecular flexibility index (Phi) is 10.3. The molecule has 0 saturated heterocycles. The summed E-state index contributed by atoms with van der Waals surface area (Å²) in [4.78, 5) is 35.6. The maximum Gasteiger partial charge on any atom is 0.303 e. The molecule has 0 radical (unpaired) electrons. The summed E-state index contributed by atoms with van der Waals surface area (Å²) in [6.45, 7) is 6.41. The number of methoxy groups -OCH3 is 1. The summed E-state index contributed by atoms with van der Waals surface area (Å²) < 4.78 is 23.7. The lowest BCUT2D eigenvalue weighted by atomic mass is 10.0. The van der Waals surface area contributed by atoms with E-state index in [0.717, 1.165) is 30.4 Å². The molecule has 0 spiro atoms. The van der Waals surface area contributed by atoms with Crippen molar-refractivity contribution >= 4 is 22.7 Å². The first kappa shape index (κ1) is 28.8. The lowest BCUT2D eigenvalue weighted by Gasteiger charge is -2.17. The molecular formula is C30H36O8. The van der Waals surface area contributed by atoms with E-state index in [1.54, 1.807) is 25.3 Å². The van der Waals surface area contributed by atoms with Crippen LogP contribution in [0.25, 0.3) is 11.0 Å². The van der Waals surface area contributed by atoms with E-state index in [0.29, 0.717) is 65.6 Å². The van der Waals surface area contributed by atoms with E-state index in [9.17, 15) is 14.4 Å². The van der Waals surface area contributed by atoms with Gasteiger partial charge in [-0.25, -0.2) is 0 Å². The van der Waals surface area contributed by atoms with Crippen molar-refractivity contribution in [2.45, 2.75) is 65.7 Å². The fourth-order valence-corrected chi connectivity index (χ4v) is 4.45. The highest BCUT2D eigenvalue weighted by atomic mass is 16.5. The van der Waals surface area contributed by atoms with Gasteiger partial charge in [0.2, 0.25) is 0 Å². The van der Waals surface area contributed by atoms with Crippen molar-refractivity contribution in [1.82, 2.24) is 0 Å². The molecule has 0 saturated carbocycles. The molecule has 1 heterocycles. The minimum atomic E-state index is -0.948. The van der Waals surface area contributed by atoms with Gasteiger partial charge in [0.1, 0.15) is 28.6 Å². The van der Waals surface area contributed by atoms with Crippen LogP contribution in [0.2, 0.25) is 0 Å². The van der Waals surface area contributed by atoms with Gasteiger partial charge in [-0.2, -0.15) is 0 Å². The number of carboxylic acid groups (broad SMARTS) is 1. The zero-order valence-corrected chi connectivity index (χ0v) is 22.6. The van der Waals surface area contributed by atoms with Crippen LogP contribution in [0.4, 0.5) is 0 Å². The number of carbonyl (C=O) groups excluding carboxylic acids is 1. The molecule has 2 aromatic carbocycles. The highest BCUT2D eigenvalue weighted by Crippen LogP contribution is 2.34. The fourth-order valence-electron chi connectivity index (χ4n) is 4.45. The van der Waals surface area contributed by atoms with Crippen LogP contribution >= 0.6 is 0 Å². The molecular weight excluding hydrogens is 488 g/mol. The van der Waals surface area contributed by atoms with Gasteiger partial charge in [-0.15, -0.1) is 0 Å². The third-order valence-corrected chi connectivity index (χ3v) is 6.20. The molecule has 0 aliphatic heterocycles. The number of rotatable bonds is 15. The van der Waals surface area contributed by atoms with Crippen molar-refractivity contribution in [3.8, 4) is 17.2 Å². The zero-order chi connectivity index (χ0) is 27.7. The average molecular weight is 525 g/mol. The van der Waals surface area contributed by atoms with Crippen LogP contribution in [-0.4, -0.2) is 37.2 Å². The maximum atomic E-state index is 12.6. The SMILES string of the molecule is CCCc1c(OCCCOc2ccc3c(=O)cc(CCC(=O)O)oc3c2CCC)ccc(C(C)=O)c1OC. The summed E-state index contributed by atoms with van der Waals surface area (Å²) in [7, 11) is 1.56. The number of ketones is 1. The molecule has 0 bridgehead atoms. The summed E-state index contributed by atoms with van der Waals surface area (Å²) in [5.74, 6) is 1.25. The number of carbonyl (C=O) groups is 2. The molecule has 0 atom stereocenters. The number of hydrogen-bond donors (Lipinski definition) is 1. The Morgan fingerprint density at radius 3 is 2.16 bits per heavy atom. The fraction of sp³-hybridized carbons (Fsp3) is 0.433. The number of carboxylic acids is 1. The van der Waals surface area contributed by atoms with E-state index in [2.05, 4.69) is 6.92 Å². The molecule has 38 heavy (non-hydrogen) atoms. The third-order valence-electron chi connectivity index (χ3n) is 6.20. The van der Waals surface area contributed by atoms with Crippen LogP contribution in [0, 0.1) is 0 Å². The quantitative estimate of drug-likeness (QED) is 0.197. The van der Waals surface area contributed by atoms with E-state index in [4.69, 9.17) is 23.7 Å². The number of aliphatic carboxylic acids is 1. The summed E-state index contributed by atoms with van der Waals surface area (Å²) in [5, 5.41) is 9.44. The van der Waals surface area contributed by atoms with Crippen LogP contribution in [-0.2, 0) is 24.1 Å². The summed E-state index contributed by atoms with van der Waals surface area (Å²) in [6.07, 6.45) is 3.72. The first-order valence-corrected chi connectivity index (χ1v) is 13.1. The molecule has 0 aliphatic rings. The summed E-state index contributed by atoms with van der Waals surface area (Å²) in [6, 6.07) is 8.39. The predicted octanol–water partition coefficient (Wildman–Crippen LogP) is 5.77. The average Bonchev–Trinajstić information content (AvgIpc) is 2.88. The van der Waals surface area contributed by atoms with Gasteiger partial charge in [-0.1, -0.05) is 26.7 Å². The molecule has 0 amide bonds. The highest BCUT2D eigenvalue weighted by molar-refractivity contribution is 5.97. The van der Waals surface area contributed by atoms with Gasteiger partial charge in [-0.3, -0.25) is 14.4 Å². The normalized spacial score (nSPS) is 10.9. The number of fused-ring (bicyclic) bond motifs is 1. The molecule has 0 fully saturated rings. The Bertz CT molecular complexity index is 1340. The lowest BCUT2D eigenvalue weighted by Crippen LogP contribution is -2.10. The molecule has 0 aliphatic carbocycles. The zero-order valence-electron chi connectivity index (χ0n) is 22.6. The van der Waals surface area contributed by atoms with Crippen LogP contribution in [0.3, 0.4) is 0 Å². The molecule has 8 heteroatoms. The number of ether oxygens (including phenoxy) is 3. The lowest BCUT2D eigenvalue weighted by molar-refractivity contribution is -0.137. The second-order valence-electron chi connectivity index (χ2n) is 9.12. The maximum absolute atomic E-state index is 12.6. The van der Waals surface area contributed by atoms with Gasteiger partial charge in [0.15, 0.2) is 11.2 Å². The Morgan fingerprint density at radius 1 is 0.921 bits per heavy atom. The number of aryl methyl sites for hydroxylation is 2. The van der Waals surface area contributed by atoms with E-state index >= 15 is 0 Å². The van der Waals surface area contributed by atoms with Crippen LogP contribution < -0.4 is 19.6 Å². The van der Waals surface area contributed by atoms with Gasteiger partial charge in [0.25, 0.3) is 0 Å². The Balaban J connectivity index is 1.73. The van der Waals surface area contributed by atoms with Gasteiger partial charge >= 0.3 is 5.97 Å². The van der Waals surface area contributed by atoms with E-state index in [-0.39, 0.29) is 24.1 Å². The van der Waals surface area contributed by atoms with E-state index in [1.807, 2.05) is 13.0 Å². The largest absolute Gasteiger partial charge is 0.496 e. The van der Waals surface area contributed by atoms with Gasteiger partial charge in [0.05, 0.1) is 37.7 Å². The second-order valence-corrected chi connectivity index (χ2v) is 9.12. The van der Waals surface area contributed by atoms with Gasteiger partial charge in [-0.05, 0) is 44.0 Å². The first-order chi connectivity index (χ1) is 18.3. The molecule has 204 valence electrons. The molecule has 1 N–H and O–H groups in total. The number of benzene rings is 2. The standard InChI is InChI=1S/C30H36O8/c1-5-8-23-26(13-11-21(19(3)31)29(23)35-4)36-16-7-17-37-27-14-12-22-25(32)18-20(10-15-28(33)34)38-30(22)24(27)9-6-2/h11-14,18H,5-10,15-17H2,1-4H3,(H,33,34). The molecule has 8 nitrogen and oxygen atoms in total. The number of Topliss-reactive ketones (excluding diaryl/α,β-unsaturated/α-hetero) is 1. The minimum Gasteiger partial charge on any atom is -0.496 e. The number of hydrogen-bond acceptors (Lipinski definition) is 7. The van der Waals surface area contributed by atoms with Crippen LogP contribution in [0.5, 0.6) is 17.2 Å². The molecule has 0 unspecified atom stereocenters. The van der Waals surface area contributed by atoms with Crippen molar-refractivity contribution in [3.05, 3.63) is 63.0 Å². The first-order valence-electron chi connectivity index (χ1n) is 13.1. The van der Waals surface area contributed by atoms with Crippen molar-refractivity contribution in [2.24, 2.45) is 0 Å². The summed E-state index contributed by atoms with van der Waals surface area (Å²) in [5.41, 5.74) is 2.49. The van der Waals surface area contributed by atoms with Crippen molar-refractivity contribution in [3.63, 3.8) is 0 Å². The topological polar surface area (TPSA) is 112 Å². The Hall–Kier alpha value is -3.81.